The molecule has 1 aromatic heterocycles. The first kappa shape index (κ1) is 16.6. The Bertz CT molecular complexity index is 611. The topological polar surface area (TPSA) is 102 Å². The molecular formula is C11H16ClN3O4S. The molecule has 0 bridgehead atoms. The number of pyridine rings is 1. The molecule has 0 radical (unpaired) electrons. The van der Waals surface area contributed by atoms with Crippen LogP contribution in [0.1, 0.15) is 27.2 Å². The van der Waals surface area contributed by atoms with Gasteiger partial charge in [-0.2, -0.15) is 0 Å². The van der Waals surface area contributed by atoms with E-state index in [1.165, 1.54) is 6.07 Å². The first-order valence-electron chi connectivity index (χ1n) is 5.82. The Morgan fingerprint density at radius 3 is 2.50 bits per heavy atom. The minimum Gasteiger partial charge on any atom is -0.262 e. The molecule has 0 atom stereocenters. The molecule has 0 saturated heterocycles. The van der Waals surface area contributed by atoms with Gasteiger partial charge in [0, 0.05) is 6.07 Å². The summed E-state index contributed by atoms with van der Waals surface area (Å²) in [4.78, 5) is 13.8. The van der Waals surface area contributed by atoms with Gasteiger partial charge in [0.05, 0.1) is 10.7 Å². The van der Waals surface area contributed by atoms with E-state index >= 15 is 0 Å². The fourth-order valence-electron chi connectivity index (χ4n) is 1.29. The number of hydrogen-bond donors (Lipinski definition) is 1. The molecule has 0 aromatic carbocycles. The van der Waals surface area contributed by atoms with Crippen LogP contribution in [0, 0.1) is 15.5 Å². The quantitative estimate of drug-likeness (QED) is 0.510. The zero-order valence-electron chi connectivity index (χ0n) is 11.4. The van der Waals surface area contributed by atoms with Crippen LogP contribution in [-0.2, 0) is 10.0 Å². The van der Waals surface area contributed by atoms with Gasteiger partial charge in [-0.1, -0.05) is 32.4 Å². The van der Waals surface area contributed by atoms with Gasteiger partial charge in [-0.05, 0) is 17.9 Å². The Kier molecular flexibility index (Phi) is 4.93. The van der Waals surface area contributed by atoms with Crippen LogP contribution in [0.3, 0.4) is 0 Å². The van der Waals surface area contributed by atoms with Crippen LogP contribution in [0.2, 0.25) is 5.15 Å². The summed E-state index contributed by atoms with van der Waals surface area (Å²) in [5.41, 5.74) is -0.601. The van der Waals surface area contributed by atoms with Crippen molar-refractivity contribution in [2.45, 2.75) is 27.2 Å². The van der Waals surface area contributed by atoms with Gasteiger partial charge in [0.1, 0.15) is 5.15 Å². The van der Waals surface area contributed by atoms with Crippen molar-refractivity contribution in [1.29, 1.82) is 0 Å². The predicted octanol–water partition coefficient (Wildman–Crippen LogP) is 2.82. The zero-order chi connectivity index (χ0) is 15.6. The third-order valence-corrected chi connectivity index (χ3v) is 3.87. The van der Waals surface area contributed by atoms with Gasteiger partial charge in [0.25, 0.3) is 0 Å². The number of nitro groups is 1. The maximum absolute atomic E-state index is 11.9. The number of hydrogen-bond acceptors (Lipinski definition) is 5. The molecule has 9 heteroatoms. The van der Waals surface area contributed by atoms with E-state index in [0.29, 0.717) is 6.42 Å². The Labute approximate surface area is 122 Å². The molecule has 1 heterocycles. The number of halogens is 1. The molecule has 7 nitrogen and oxygen atoms in total. The molecule has 0 spiro atoms. The Morgan fingerprint density at radius 1 is 1.40 bits per heavy atom. The maximum atomic E-state index is 11.9. The standard InChI is InChI=1S/C11H16ClN3O4S/c1-11(2,3)6-7-20(18,19)14-10-8(15(16)17)4-5-9(12)13-10/h4-5H,6-7H2,1-3H3,(H,13,14). The van der Waals surface area contributed by atoms with Crippen molar-refractivity contribution >= 4 is 33.1 Å². The SMILES string of the molecule is CC(C)(C)CCS(=O)(=O)Nc1nc(Cl)ccc1[N+](=O)[O-]. The van der Waals surface area contributed by atoms with Crippen LogP contribution in [0.15, 0.2) is 12.1 Å². The van der Waals surface area contributed by atoms with Crippen LogP contribution in [0.25, 0.3) is 0 Å². The van der Waals surface area contributed by atoms with Crippen LogP contribution in [0.5, 0.6) is 0 Å². The molecule has 0 amide bonds. The van der Waals surface area contributed by atoms with Gasteiger partial charge in [-0.25, -0.2) is 13.4 Å². The lowest BCUT2D eigenvalue weighted by atomic mass is 9.94. The average Bonchev–Trinajstić information content (AvgIpc) is 2.24. The normalized spacial score (nSPS) is 12.2. The summed E-state index contributed by atoms with van der Waals surface area (Å²) in [6.45, 7) is 5.72. The first-order chi connectivity index (χ1) is 9.00. The van der Waals surface area contributed by atoms with Crippen molar-refractivity contribution < 1.29 is 13.3 Å². The molecule has 0 saturated carbocycles. The lowest BCUT2D eigenvalue weighted by Gasteiger charge is -2.17. The van der Waals surface area contributed by atoms with E-state index in [1.54, 1.807) is 0 Å². The van der Waals surface area contributed by atoms with Gasteiger partial charge in [0.15, 0.2) is 0 Å². The van der Waals surface area contributed by atoms with Crippen molar-refractivity contribution in [1.82, 2.24) is 4.98 Å². The van der Waals surface area contributed by atoms with Gasteiger partial charge in [-0.15, -0.1) is 0 Å². The maximum Gasteiger partial charge on any atom is 0.312 e. The van der Waals surface area contributed by atoms with Crippen LogP contribution in [-0.4, -0.2) is 24.1 Å². The van der Waals surface area contributed by atoms with E-state index in [1.807, 2.05) is 20.8 Å². The molecule has 112 valence electrons. The van der Waals surface area contributed by atoms with E-state index in [0.717, 1.165) is 6.07 Å². The summed E-state index contributed by atoms with van der Waals surface area (Å²) < 4.78 is 25.9. The van der Waals surface area contributed by atoms with Crippen molar-refractivity contribution in [3.8, 4) is 0 Å². The molecule has 0 unspecified atom stereocenters. The number of nitrogens with one attached hydrogen (secondary N) is 1. The smallest absolute Gasteiger partial charge is 0.262 e. The monoisotopic (exact) mass is 321 g/mol. The summed E-state index contributed by atoms with van der Waals surface area (Å²) in [6, 6.07) is 2.34. The predicted molar refractivity (Wildman–Crippen MR) is 77.4 cm³/mol. The summed E-state index contributed by atoms with van der Waals surface area (Å²) >= 11 is 5.63. The van der Waals surface area contributed by atoms with E-state index in [-0.39, 0.29) is 22.1 Å². The number of rotatable bonds is 5. The van der Waals surface area contributed by atoms with Crippen molar-refractivity contribution in [3.63, 3.8) is 0 Å². The molecular weight excluding hydrogens is 306 g/mol. The second-order valence-corrected chi connectivity index (χ2v) is 7.72. The lowest BCUT2D eigenvalue weighted by molar-refractivity contribution is -0.384. The molecule has 1 N–H and O–H groups in total. The Hall–Kier alpha value is -1.41. The molecule has 0 aliphatic heterocycles. The molecule has 1 rings (SSSR count). The highest BCUT2D eigenvalue weighted by Gasteiger charge is 2.23. The fourth-order valence-corrected chi connectivity index (χ4v) is 2.86. The lowest BCUT2D eigenvalue weighted by Crippen LogP contribution is -2.22. The van der Waals surface area contributed by atoms with E-state index in [2.05, 4.69) is 9.71 Å². The summed E-state index contributed by atoms with van der Waals surface area (Å²) in [6.07, 6.45) is 0.413. The van der Waals surface area contributed by atoms with Gasteiger partial charge >= 0.3 is 5.69 Å². The summed E-state index contributed by atoms with van der Waals surface area (Å²) in [5, 5.41) is 10.8. The third kappa shape index (κ3) is 5.30. The van der Waals surface area contributed by atoms with Gasteiger partial charge < -0.3 is 0 Å². The molecule has 0 aliphatic rings. The largest absolute Gasteiger partial charge is 0.312 e. The summed E-state index contributed by atoms with van der Waals surface area (Å²) in [7, 11) is -3.72. The minimum absolute atomic E-state index is 0.0240. The highest BCUT2D eigenvalue weighted by Crippen LogP contribution is 2.26. The van der Waals surface area contributed by atoms with Crippen LogP contribution < -0.4 is 4.72 Å². The zero-order valence-corrected chi connectivity index (χ0v) is 13.0. The summed E-state index contributed by atoms with van der Waals surface area (Å²) in [5.74, 6) is -0.515. The van der Waals surface area contributed by atoms with Gasteiger partial charge in [0.2, 0.25) is 15.8 Å². The molecule has 0 aliphatic carbocycles. The van der Waals surface area contributed by atoms with Crippen molar-refractivity contribution in [2.24, 2.45) is 5.41 Å². The highest BCUT2D eigenvalue weighted by atomic mass is 35.5. The Balaban J connectivity index is 2.97. The van der Waals surface area contributed by atoms with E-state index < -0.39 is 20.6 Å². The van der Waals surface area contributed by atoms with Crippen molar-refractivity contribution in [3.05, 3.63) is 27.4 Å². The minimum atomic E-state index is -3.72. The van der Waals surface area contributed by atoms with Crippen LogP contribution >= 0.6 is 11.6 Å². The first-order valence-corrected chi connectivity index (χ1v) is 7.85. The van der Waals surface area contributed by atoms with E-state index in [4.69, 9.17) is 11.6 Å². The van der Waals surface area contributed by atoms with Crippen LogP contribution in [0.4, 0.5) is 11.5 Å². The second kappa shape index (κ2) is 5.92. The molecule has 1 aromatic rings. The van der Waals surface area contributed by atoms with Crippen molar-refractivity contribution in [2.75, 3.05) is 10.5 Å². The second-order valence-electron chi connectivity index (χ2n) is 5.49. The van der Waals surface area contributed by atoms with Gasteiger partial charge in [-0.3, -0.25) is 14.8 Å². The fraction of sp³-hybridized carbons (Fsp3) is 0.545. The Morgan fingerprint density at radius 2 is 2.00 bits per heavy atom. The number of nitrogens with zero attached hydrogens (tertiary/aromatic N) is 2. The highest BCUT2D eigenvalue weighted by molar-refractivity contribution is 7.92. The third-order valence-electron chi connectivity index (χ3n) is 2.41. The number of sulfonamides is 1. The number of anilines is 1. The van der Waals surface area contributed by atoms with E-state index in [9.17, 15) is 18.5 Å². The molecule has 0 fully saturated rings. The number of aromatic nitrogens is 1. The molecule has 20 heavy (non-hydrogen) atoms. The average molecular weight is 322 g/mol.